The molecule has 2 N–H and O–H groups in total. The number of anilines is 3. The van der Waals surface area contributed by atoms with Crippen LogP contribution >= 0.6 is 0 Å². The zero-order valence-electron chi connectivity index (χ0n) is 16.5. The molecule has 9 heteroatoms. The molecule has 1 aliphatic heterocycles. The summed E-state index contributed by atoms with van der Waals surface area (Å²) >= 11 is 0. The second-order valence-corrected chi connectivity index (χ2v) is 6.84. The highest BCUT2D eigenvalue weighted by atomic mass is 16.5. The predicted octanol–water partition coefficient (Wildman–Crippen LogP) is 2.28. The standard InChI is InChI=1S/C19H24N8O/c1-12-9-16(20-2)23-19(21-12)22-13-5-6-15(28-4)14(10-13)18-25-24-17-11-26(3)7-8-27(17)18/h5-6,9-10H,7-8,11H2,1-4H3,(H2,20,21,22,23). The van der Waals surface area contributed by atoms with E-state index < -0.39 is 0 Å². The van der Waals surface area contributed by atoms with Crippen LogP contribution in [-0.2, 0) is 13.1 Å². The number of aryl methyl sites for hydroxylation is 1. The fourth-order valence-electron chi connectivity index (χ4n) is 3.32. The van der Waals surface area contributed by atoms with E-state index in [2.05, 4.69) is 47.3 Å². The topological polar surface area (TPSA) is 93.0 Å². The fourth-order valence-corrected chi connectivity index (χ4v) is 3.32. The fraction of sp³-hybridized carbons (Fsp3) is 0.368. The smallest absolute Gasteiger partial charge is 0.229 e. The van der Waals surface area contributed by atoms with Gasteiger partial charge in [-0.3, -0.25) is 4.90 Å². The van der Waals surface area contributed by atoms with Crippen LogP contribution in [0.1, 0.15) is 11.5 Å². The van der Waals surface area contributed by atoms with E-state index in [9.17, 15) is 0 Å². The van der Waals surface area contributed by atoms with Crippen molar-refractivity contribution in [3.05, 3.63) is 35.8 Å². The number of likely N-dealkylation sites (N-methyl/N-ethyl adjacent to an activating group) is 1. The highest BCUT2D eigenvalue weighted by Gasteiger charge is 2.22. The maximum Gasteiger partial charge on any atom is 0.229 e. The Labute approximate surface area is 163 Å². The zero-order chi connectivity index (χ0) is 19.7. The lowest BCUT2D eigenvalue weighted by molar-refractivity contribution is 0.265. The highest BCUT2D eigenvalue weighted by molar-refractivity contribution is 5.72. The second kappa shape index (κ2) is 7.43. The van der Waals surface area contributed by atoms with Crippen molar-refractivity contribution in [1.82, 2.24) is 29.6 Å². The first-order chi connectivity index (χ1) is 13.6. The Balaban J connectivity index is 1.71. The van der Waals surface area contributed by atoms with E-state index in [-0.39, 0.29) is 0 Å². The number of benzene rings is 1. The van der Waals surface area contributed by atoms with Crippen LogP contribution in [0.15, 0.2) is 24.3 Å². The van der Waals surface area contributed by atoms with Gasteiger partial charge in [0.15, 0.2) is 5.82 Å². The Morgan fingerprint density at radius 3 is 2.75 bits per heavy atom. The monoisotopic (exact) mass is 380 g/mol. The molecule has 2 aromatic heterocycles. The van der Waals surface area contributed by atoms with Crippen molar-refractivity contribution in [3.8, 4) is 17.1 Å². The van der Waals surface area contributed by atoms with Crippen LogP contribution in [0, 0.1) is 6.92 Å². The number of rotatable bonds is 5. The van der Waals surface area contributed by atoms with Gasteiger partial charge in [-0.15, -0.1) is 10.2 Å². The van der Waals surface area contributed by atoms with Crippen molar-refractivity contribution in [2.24, 2.45) is 0 Å². The van der Waals surface area contributed by atoms with Crippen molar-refractivity contribution in [2.75, 3.05) is 38.4 Å². The van der Waals surface area contributed by atoms with Gasteiger partial charge in [0.05, 0.1) is 19.2 Å². The summed E-state index contributed by atoms with van der Waals surface area (Å²) in [4.78, 5) is 11.1. The van der Waals surface area contributed by atoms with Crippen LogP contribution in [-0.4, -0.2) is 57.4 Å². The molecule has 28 heavy (non-hydrogen) atoms. The van der Waals surface area contributed by atoms with Crippen molar-refractivity contribution in [1.29, 1.82) is 0 Å². The van der Waals surface area contributed by atoms with E-state index >= 15 is 0 Å². The molecule has 4 rings (SSSR count). The Morgan fingerprint density at radius 1 is 1.11 bits per heavy atom. The van der Waals surface area contributed by atoms with Gasteiger partial charge in [0, 0.05) is 37.6 Å². The Hall–Kier alpha value is -3.20. The minimum atomic E-state index is 0.533. The molecular formula is C19H24N8O. The third-order valence-corrected chi connectivity index (χ3v) is 4.75. The van der Waals surface area contributed by atoms with Gasteiger partial charge in [-0.05, 0) is 32.2 Å². The number of nitrogens with zero attached hydrogens (tertiary/aromatic N) is 6. The van der Waals surface area contributed by atoms with Gasteiger partial charge in [-0.2, -0.15) is 4.98 Å². The van der Waals surface area contributed by atoms with Crippen LogP contribution in [0.3, 0.4) is 0 Å². The van der Waals surface area contributed by atoms with E-state index in [4.69, 9.17) is 4.74 Å². The van der Waals surface area contributed by atoms with Crippen molar-refractivity contribution >= 4 is 17.5 Å². The molecule has 3 aromatic rings. The van der Waals surface area contributed by atoms with Crippen molar-refractivity contribution in [2.45, 2.75) is 20.0 Å². The summed E-state index contributed by atoms with van der Waals surface area (Å²) in [7, 11) is 5.59. The number of fused-ring (bicyclic) bond motifs is 1. The highest BCUT2D eigenvalue weighted by Crippen LogP contribution is 2.33. The summed E-state index contributed by atoms with van der Waals surface area (Å²) in [6, 6.07) is 7.75. The summed E-state index contributed by atoms with van der Waals surface area (Å²) in [6.07, 6.45) is 0. The number of hydrogen-bond acceptors (Lipinski definition) is 8. The van der Waals surface area contributed by atoms with E-state index in [1.165, 1.54) is 0 Å². The molecule has 0 radical (unpaired) electrons. The minimum absolute atomic E-state index is 0.533. The van der Waals surface area contributed by atoms with Crippen LogP contribution in [0.2, 0.25) is 0 Å². The van der Waals surface area contributed by atoms with Crippen LogP contribution in [0.25, 0.3) is 11.4 Å². The zero-order valence-corrected chi connectivity index (χ0v) is 16.5. The minimum Gasteiger partial charge on any atom is -0.496 e. The first kappa shape index (κ1) is 18.2. The lowest BCUT2D eigenvalue weighted by Crippen LogP contribution is -2.30. The normalized spacial score (nSPS) is 13.9. The van der Waals surface area contributed by atoms with Gasteiger partial charge < -0.3 is 19.9 Å². The quantitative estimate of drug-likeness (QED) is 0.696. The van der Waals surface area contributed by atoms with Crippen LogP contribution in [0.5, 0.6) is 5.75 Å². The SMILES string of the molecule is CNc1cc(C)nc(Nc2ccc(OC)c(-c3nnc4n3CCN(C)C4)c2)n1. The van der Waals surface area contributed by atoms with E-state index in [0.717, 1.165) is 59.8 Å². The molecule has 3 heterocycles. The van der Waals surface area contributed by atoms with Crippen LogP contribution in [0.4, 0.5) is 17.5 Å². The molecule has 0 atom stereocenters. The molecule has 1 aliphatic rings. The predicted molar refractivity (Wildman–Crippen MR) is 108 cm³/mol. The number of ether oxygens (including phenoxy) is 1. The first-order valence-corrected chi connectivity index (χ1v) is 9.17. The summed E-state index contributed by atoms with van der Waals surface area (Å²) in [5.74, 6) is 3.82. The van der Waals surface area contributed by atoms with Gasteiger partial charge in [0.2, 0.25) is 5.95 Å². The Morgan fingerprint density at radius 2 is 1.96 bits per heavy atom. The molecule has 9 nitrogen and oxygen atoms in total. The maximum atomic E-state index is 5.58. The molecule has 146 valence electrons. The van der Waals surface area contributed by atoms with Crippen LogP contribution < -0.4 is 15.4 Å². The summed E-state index contributed by atoms with van der Waals surface area (Å²) in [5.41, 5.74) is 2.62. The number of nitrogens with one attached hydrogen (secondary N) is 2. The average molecular weight is 380 g/mol. The molecule has 1 aromatic carbocycles. The van der Waals surface area contributed by atoms with Gasteiger partial charge in [0.25, 0.3) is 0 Å². The van der Waals surface area contributed by atoms with E-state index in [1.807, 2.05) is 38.2 Å². The second-order valence-electron chi connectivity index (χ2n) is 6.84. The molecule has 0 saturated carbocycles. The summed E-state index contributed by atoms with van der Waals surface area (Å²) < 4.78 is 7.74. The molecule has 0 spiro atoms. The molecule has 0 saturated heterocycles. The van der Waals surface area contributed by atoms with Crippen molar-refractivity contribution in [3.63, 3.8) is 0 Å². The molecule has 0 aliphatic carbocycles. The third-order valence-electron chi connectivity index (χ3n) is 4.75. The number of methoxy groups -OCH3 is 1. The number of aromatic nitrogens is 5. The first-order valence-electron chi connectivity index (χ1n) is 9.17. The van der Waals surface area contributed by atoms with Gasteiger partial charge >= 0.3 is 0 Å². The summed E-state index contributed by atoms with van der Waals surface area (Å²) in [6.45, 7) is 4.54. The Bertz CT molecular complexity index is 1000. The van der Waals surface area contributed by atoms with Gasteiger partial charge in [0.1, 0.15) is 17.4 Å². The molecular weight excluding hydrogens is 356 g/mol. The third kappa shape index (κ3) is 3.48. The molecule has 0 unspecified atom stereocenters. The molecule has 0 bridgehead atoms. The maximum absolute atomic E-state index is 5.58. The number of hydrogen-bond donors (Lipinski definition) is 2. The average Bonchev–Trinajstić information content (AvgIpc) is 3.10. The Kier molecular flexibility index (Phi) is 4.82. The van der Waals surface area contributed by atoms with Crippen molar-refractivity contribution < 1.29 is 4.74 Å². The molecule has 0 fully saturated rings. The van der Waals surface area contributed by atoms with E-state index in [0.29, 0.717) is 5.95 Å². The lowest BCUT2D eigenvalue weighted by atomic mass is 10.1. The largest absolute Gasteiger partial charge is 0.496 e. The van der Waals surface area contributed by atoms with Gasteiger partial charge in [-0.1, -0.05) is 0 Å². The molecule has 0 amide bonds. The lowest BCUT2D eigenvalue weighted by Gasteiger charge is -2.24. The van der Waals surface area contributed by atoms with E-state index in [1.54, 1.807) is 7.11 Å². The van der Waals surface area contributed by atoms with Gasteiger partial charge in [-0.25, -0.2) is 4.98 Å². The summed E-state index contributed by atoms with van der Waals surface area (Å²) in [5, 5.41) is 15.1.